The number of benzene rings is 2. The van der Waals surface area contributed by atoms with E-state index in [0.717, 1.165) is 43.1 Å². The number of hydrogen-bond donors (Lipinski definition) is 1. The van der Waals surface area contributed by atoms with Gasteiger partial charge in [0.25, 0.3) is 0 Å². The number of hydrogen-bond acceptors (Lipinski definition) is 4. The van der Waals surface area contributed by atoms with E-state index in [9.17, 15) is 4.79 Å². The van der Waals surface area contributed by atoms with Gasteiger partial charge < -0.3 is 10.2 Å². The first kappa shape index (κ1) is 18.1. The third-order valence-electron chi connectivity index (χ3n) is 6.02. The second-order valence-electron chi connectivity index (χ2n) is 8.03. The highest BCUT2D eigenvalue weighted by Crippen LogP contribution is 2.31. The Morgan fingerprint density at radius 1 is 0.966 bits per heavy atom. The lowest BCUT2D eigenvalue weighted by molar-refractivity contribution is -0.145. The maximum absolute atomic E-state index is 13.5. The van der Waals surface area contributed by atoms with Gasteiger partial charge in [0.2, 0.25) is 5.91 Å². The summed E-state index contributed by atoms with van der Waals surface area (Å²) in [7, 11) is 0. The van der Waals surface area contributed by atoms with Crippen LogP contribution in [0, 0.1) is 5.41 Å². The molecule has 3 heterocycles. The van der Waals surface area contributed by atoms with E-state index in [-0.39, 0.29) is 11.3 Å². The van der Waals surface area contributed by atoms with Crippen LogP contribution in [0.5, 0.6) is 0 Å². The molecule has 1 saturated heterocycles. The lowest BCUT2D eigenvalue weighted by Crippen LogP contribution is -2.63. The molecule has 2 aliphatic heterocycles. The zero-order valence-corrected chi connectivity index (χ0v) is 16.4. The maximum Gasteiger partial charge on any atom is 0.231 e. The second kappa shape index (κ2) is 7.44. The van der Waals surface area contributed by atoms with Gasteiger partial charge in [-0.3, -0.25) is 4.79 Å². The number of carbonyl (C=O) groups excluding carboxylic acids is 1. The van der Waals surface area contributed by atoms with Gasteiger partial charge in [-0.15, -0.1) is 0 Å². The van der Waals surface area contributed by atoms with Crippen LogP contribution in [0.25, 0.3) is 11.4 Å². The number of nitrogens with one attached hydrogen (secondary N) is 1. The van der Waals surface area contributed by atoms with Crippen molar-refractivity contribution >= 4 is 5.91 Å². The minimum atomic E-state index is -0.323. The summed E-state index contributed by atoms with van der Waals surface area (Å²) < 4.78 is 1.97. The van der Waals surface area contributed by atoms with Crippen molar-refractivity contribution in [3.63, 3.8) is 0 Å². The predicted octanol–water partition coefficient (Wildman–Crippen LogP) is 2.16. The van der Waals surface area contributed by atoms with Crippen molar-refractivity contribution in [3.8, 4) is 11.4 Å². The van der Waals surface area contributed by atoms with Crippen molar-refractivity contribution in [2.45, 2.75) is 19.4 Å². The van der Waals surface area contributed by atoms with E-state index in [1.165, 1.54) is 5.56 Å². The molecule has 2 aliphatic rings. The number of amides is 1. The summed E-state index contributed by atoms with van der Waals surface area (Å²) >= 11 is 0. The Labute approximate surface area is 170 Å². The van der Waals surface area contributed by atoms with Gasteiger partial charge in [0.05, 0.1) is 12.0 Å². The Bertz CT molecular complexity index is 969. The van der Waals surface area contributed by atoms with Crippen molar-refractivity contribution in [2.24, 2.45) is 5.41 Å². The molecule has 6 heteroatoms. The summed E-state index contributed by atoms with van der Waals surface area (Å²) in [5.74, 6) is 1.99. The van der Waals surface area contributed by atoms with Crippen LogP contribution in [-0.2, 0) is 24.2 Å². The minimum absolute atomic E-state index is 0.258. The molecule has 0 spiro atoms. The standard InChI is InChI=1S/C23H25N5O/c29-22(23(16-24-17-23)15-18-7-3-1-4-8-18)27-12-11-20-25-21(26-28(20)14-13-27)19-9-5-2-6-10-19/h1-10,24H,11-17H2. The average Bonchev–Trinajstić information content (AvgIpc) is 3.05. The highest BCUT2D eigenvalue weighted by Gasteiger charge is 2.46. The van der Waals surface area contributed by atoms with Crippen LogP contribution in [-0.4, -0.2) is 51.8 Å². The molecule has 5 rings (SSSR count). The molecule has 1 fully saturated rings. The molecule has 0 bridgehead atoms. The van der Waals surface area contributed by atoms with E-state index in [2.05, 4.69) is 17.4 Å². The molecule has 148 valence electrons. The Morgan fingerprint density at radius 3 is 2.38 bits per heavy atom. The zero-order chi connectivity index (χ0) is 19.7. The third-order valence-corrected chi connectivity index (χ3v) is 6.02. The Balaban J connectivity index is 1.30. The predicted molar refractivity (Wildman–Crippen MR) is 111 cm³/mol. The summed E-state index contributed by atoms with van der Waals surface area (Å²) in [6.07, 6.45) is 1.53. The molecular weight excluding hydrogens is 362 g/mol. The first-order valence-corrected chi connectivity index (χ1v) is 10.3. The number of aromatic nitrogens is 3. The van der Waals surface area contributed by atoms with Gasteiger partial charge in [0.15, 0.2) is 5.82 Å². The molecule has 6 nitrogen and oxygen atoms in total. The molecule has 1 N–H and O–H groups in total. The largest absolute Gasteiger partial charge is 0.340 e. The zero-order valence-electron chi connectivity index (χ0n) is 16.4. The smallest absolute Gasteiger partial charge is 0.231 e. The second-order valence-corrected chi connectivity index (χ2v) is 8.03. The molecule has 0 radical (unpaired) electrons. The molecule has 2 aromatic carbocycles. The van der Waals surface area contributed by atoms with Gasteiger partial charge in [-0.1, -0.05) is 60.7 Å². The van der Waals surface area contributed by atoms with Gasteiger partial charge in [-0.25, -0.2) is 9.67 Å². The monoisotopic (exact) mass is 387 g/mol. The van der Waals surface area contributed by atoms with Gasteiger partial charge in [-0.05, 0) is 12.0 Å². The molecule has 0 aliphatic carbocycles. The molecular formula is C23H25N5O. The fraction of sp³-hybridized carbons (Fsp3) is 0.348. The molecule has 0 saturated carbocycles. The van der Waals surface area contributed by atoms with E-state index in [1.54, 1.807) is 0 Å². The van der Waals surface area contributed by atoms with Crippen LogP contribution in [0.15, 0.2) is 60.7 Å². The van der Waals surface area contributed by atoms with Crippen LogP contribution in [0.2, 0.25) is 0 Å². The maximum atomic E-state index is 13.5. The summed E-state index contributed by atoms with van der Waals surface area (Å²) in [4.78, 5) is 20.2. The number of nitrogens with zero attached hydrogens (tertiary/aromatic N) is 4. The summed E-state index contributed by atoms with van der Waals surface area (Å²) in [5, 5.41) is 8.01. The van der Waals surface area contributed by atoms with E-state index in [1.807, 2.05) is 58.1 Å². The Morgan fingerprint density at radius 2 is 1.69 bits per heavy atom. The van der Waals surface area contributed by atoms with E-state index in [4.69, 9.17) is 10.1 Å². The minimum Gasteiger partial charge on any atom is -0.340 e. The van der Waals surface area contributed by atoms with Crippen molar-refractivity contribution in [2.75, 3.05) is 26.2 Å². The van der Waals surface area contributed by atoms with Crippen LogP contribution < -0.4 is 5.32 Å². The fourth-order valence-corrected chi connectivity index (χ4v) is 4.31. The molecule has 3 aromatic rings. The normalized spacial score (nSPS) is 17.9. The Hall–Kier alpha value is -2.99. The highest BCUT2D eigenvalue weighted by atomic mass is 16.2. The lowest BCUT2D eigenvalue weighted by atomic mass is 9.75. The van der Waals surface area contributed by atoms with Gasteiger partial charge >= 0.3 is 0 Å². The van der Waals surface area contributed by atoms with Crippen molar-refractivity contribution in [1.29, 1.82) is 0 Å². The van der Waals surface area contributed by atoms with Crippen molar-refractivity contribution < 1.29 is 4.79 Å². The van der Waals surface area contributed by atoms with Crippen molar-refractivity contribution in [3.05, 3.63) is 72.1 Å². The van der Waals surface area contributed by atoms with Gasteiger partial charge in [-0.2, -0.15) is 5.10 Å². The van der Waals surface area contributed by atoms with Crippen LogP contribution in [0.3, 0.4) is 0 Å². The van der Waals surface area contributed by atoms with Gasteiger partial charge in [0, 0.05) is 38.2 Å². The molecule has 29 heavy (non-hydrogen) atoms. The van der Waals surface area contributed by atoms with Crippen LogP contribution in [0.1, 0.15) is 11.4 Å². The topological polar surface area (TPSA) is 63.1 Å². The lowest BCUT2D eigenvalue weighted by Gasteiger charge is -2.44. The third kappa shape index (κ3) is 3.44. The number of rotatable bonds is 4. The Kier molecular flexibility index (Phi) is 4.64. The van der Waals surface area contributed by atoms with E-state index < -0.39 is 0 Å². The molecule has 1 amide bonds. The summed E-state index contributed by atoms with van der Waals surface area (Å²) in [6, 6.07) is 20.4. The first-order chi connectivity index (χ1) is 14.2. The molecule has 1 aromatic heterocycles. The molecule has 0 atom stereocenters. The quantitative estimate of drug-likeness (QED) is 0.745. The highest BCUT2D eigenvalue weighted by molar-refractivity contribution is 5.84. The van der Waals surface area contributed by atoms with Crippen molar-refractivity contribution in [1.82, 2.24) is 25.0 Å². The average molecular weight is 387 g/mol. The summed E-state index contributed by atoms with van der Waals surface area (Å²) in [6.45, 7) is 3.56. The summed E-state index contributed by atoms with van der Waals surface area (Å²) in [5.41, 5.74) is 1.93. The first-order valence-electron chi connectivity index (χ1n) is 10.3. The number of fused-ring (bicyclic) bond motifs is 1. The fourth-order valence-electron chi connectivity index (χ4n) is 4.31. The molecule has 0 unspecified atom stereocenters. The van der Waals surface area contributed by atoms with E-state index in [0.29, 0.717) is 19.6 Å². The van der Waals surface area contributed by atoms with Gasteiger partial charge in [0.1, 0.15) is 5.82 Å². The SMILES string of the molecule is O=C(N1CCc2nc(-c3ccccc3)nn2CC1)C1(Cc2ccccc2)CNC1. The van der Waals surface area contributed by atoms with Crippen LogP contribution in [0.4, 0.5) is 0 Å². The van der Waals surface area contributed by atoms with E-state index >= 15 is 0 Å². The number of carbonyl (C=O) groups is 1. The van der Waals surface area contributed by atoms with Crippen LogP contribution >= 0.6 is 0 Å².